The van der Waals surface area contributed by atoms with Gasteiger partial charge in [-0.05, 0) is 18.6 Å². The van der Waals surface area contributed by atoms with Crippen LogP contribution in [0, 0.1) is 6.92 Å². The molecule has 6 heteroatoms. The van der Waals surface area contributed by atoms with Crippen LogP contribution in [0.4, 0.5) is 0 Å². The second kappa shape index (κ2) is 6.76. The maximum atomic E-state index is 11.8. The zero-order valence-electron chi connectivity index (χ0n) is 11.1. The Morgan fingerprint density at radius 3 is 2.75 bits per heavy atom. The number of thioether (sulfide) groups is 2. The minimum atomic E-state index is -0.332. The van der Waals surface area contributed by atoms with Gasteiger partial charge in [0.1, 0.15) is 4.38 Å². The first-order valence-electron chi connectivity index (χ1n) is 5.87. The van der Waals surface area contributed by atoms with Gasteiger partial charge in [0.25, 0.3) is 5.91 Å². The third-order valence-corrected chi connectivity index (χ3v) is 4.62. The van der Waals surface area contributed by atoms with Crippen molar-refractivity contribution in [2.75, 3.05) is 12.9 Å². The molecule has 1 aliphatic heterocycles. The Balaban J connectivity index is 2.01. The van der Waals surface area contributed by atoms with E-state index in [9.17, 15) is 9.59 Å². The molecule has 0 atom stereocenters. The molecule has 0 saturated carbocycles. The fourth-order valence-corrected chi connectivity index (χ4v) is 3.28. The number of aliphatic imine (C=N–C) groups is 1. The van der Waals surface area contributed by atoms with Crippen molar-refractivity contribution in [1.82, 2.24) is 0 Å². The van der Waals surface area contributed by atoms with Gasteiger partial charge in [-0.3, -0.25) is 9.59 Å². The van der Waals surface area contributed by atoms with E-state index in [0.717, 1.165) is 5.56 Å². The Morgan fingerprint density at radius 1 is 1.40 bits per heavy atom. The summed E-state index contributed by atoms with van der Waals surface area (Å²) < 4.78 is 5.13. The van der Waals surface area contributed by atoms with E-state index in [1.165, 1.54) is 36.2 Å². The number of esters is 1. The van der Waals surface area contributed by atoms with Crippen molar-refractivity contribution in [3.05, 3.63) is 40.3 Å². The number of aryl methyl sites for hydroxylation is 1. The van der Waals surface area contributed by atoms with E-state index >= 15 is 0 Å². The summed E-state index contributed by atoms with van der Waals surface area (Å²) in [4.78, 5) is 27.3. The van der Waals surface area contributed by atoms with E-state index in [1.807, 2.05) is 37.3 Å². The molecule has 0 radical (unpaired) electrons. The topological polar surface area (TPSA) is 55.7 Å². The highest BCUT2D eigenvalue weighted by atomic mass is 32.2. The van der Waals surface area contributed by atoms with Crippen LogP contribution < -0.4 is 0 Å². The zero-order chi connectivity index (χ0) is 14.5. The van der Waals surface area contributed by atoms with Gasteiger partial charge < -0.3 is 4.74 Å². The quantitative estimate of drug-likeness (QED) is 0.635. The molecule has 1 aliphatic rings. The van der Waals surface area contributed by atoms with Crippen LogP contribution in [0.25, 0.3) is 6.08 Å². The summed E-state index contributed by atoms with van der Waals surface area (Å²) in [7, 11) is 1.33. The van der Waals surface area contributed by atoms with Crippen molar-refractivity contribution in [2.24, 2.45) is 4.99 Å². The monoisotopic (exact) mass is 307 g/mol. The van der Waals surface area contributed by atoms with Crippen molar-refractivity contribution in [3.8, 4) is 0 Å². The molecule has 1 heterocycles. The minimum absolute atomic E-state index is 0.160. The fraction of sp³-hybridized carbons (Fsp3) is 0.214. The van der Waals surface area contributed by atoms with E-state index in [4.69, 9.17) is 0 Å². The van der Waals surface area contributed by atoms with E-state index in [-0.39, 0.29) is 17.6 Å². The lowest BCUT2D eigenvalue weighted by molar-refractivity contribution is -0.137. The van der Waals surface area contributed by atoms with Gasteiger partial charge in [0.15, 0.2) is 0 Å². The summed E-state index contributed by atoms with van der Waals surface area (Å²) in [6.07, 6.45) is 1.81. The second-order valence-electron chi connectivity index (χ2n) is 4.07. The van der Waals surface area contributed by atoms with Gasteiger partial charge >= 0.3 is 5.97 Å². The van der Waals surface area contributed by atoms with E-state index in [2.05, 4.69) is 9.73 Å². The molecule has 0 N–H and O–H groups in total. The summed E-state index contributed by atoms with van der Waals surface area (Å²) in [5.41, 5.74) is 2.13. The first kappa shape index (κ1) is 14.9. The predicted molar refractivity (Wildman–Crippen MR) is 83.7 cm³/mol. The summed E-state index contributed by atoms with van der Waals surface area (Å²) in [6.45, 7) is 2.01. The minimum Gasteiger partial charge on any atom is -0.468 e. The number of carbonyl (C=O) groups excluding carboxylic acids is 2. The van der Waals surface area contributed by atoms with Gasteiger partial charge in [-0.2, -0.15) is 4.99 Å². The molecule has 0 bridgehead atoms. The Hall–Kier alpha value is -1.53. The predicted octanol–water partition coefficient (Wildman–Crippen LogP) is 2.87. The van der Waals surface area contributed by atoms with E-state index in [0.29, 0.717) is 9.28 Å². The van der Waals surface area contributed by atoms with Crippen molar-refractivity contribution in [3.63, 3.8) is 0 Å². The molecule has 0 saturated heterocycles. The SMILES string of the molecule is COC(=O)CSC1=NC(=O)C(=Cc2ccc(C)cc2)S1. The van der Waals surface area contributed by atoms with Gasteiger partial charge in [0, 0.05) is 0 Å². The molecular formula is C14H13NO3S2. The maximum Gasteiger partial charge on any atom is 0.316 e. The van der Waals surface area contributed by atoms with Crippen LogP contribution >= 0.6 is 23.5 Å². The summed E-state index contributed by atoms with van der Waals surface area (Å²) >= 11 is 2.50. The highest BCUT2D eigenvalue weighted by Crippen LogP contribution is 2.33. The Bertz CT molecular complexity index is 591. The van der Waals surface area contributed by atoms with Crippen LogP contribution in [-0.2, 0) is 14.3 Å². The second-order valence-corrected chi connectivity index (χ2v) is 6.32. The Morgan fingerprint density at radius 2 is 2.10 bits per heavy atom. The maximum absolute atomic E-state index is 11.8. The van der Waals surface area contributed by atoms with Crippen molar-refractivity contribution < 1.29 is 14.3 Å². The highest BCUT2D eigenvalue weighted by Gasteiger charge is 2.22. The summed E-state index contributed by atoms with van der Waals surface area (Å²) in [5.74, 6) is -0.433. The number of nitrogens with zero attached hydrogens (tertiary/aromatic N) is 1. The molecule has 0 unspecified atom stereocenters. The van der Waals surface area contributed by atoms with Crippen LogP contribution in [0.15, 0.2) is 34.2 Å². The lowest BCUT2D eigenvalue weighted by atomic mass is 10.1. The van der Waals surface area contributed by atoms with Crippen LogP contribution in [0.2, 0.25) is 0 Å². The number of ether oxygens (including phenoxy) is 1. The van der Waals surface area contributed by atoms with Crippen molar-refractivity contribution in [1.29, 1.82) is 0 Å². The molecule has 2 rings (SSSR count). The Labute approximate surface area is 125 Å². The molecule has 1 aromatic rings. The number of benzene rings is 1. The van der Waals surface area contributed by atoms with Crippen LogP contribution in [0.5, 0.6) is 0 Å². The zero-order valence-corrected chi connectivity index (χ0v) is 12.7. The number of hydrogen-bond acceptors (Lipinski definition) is 5. The third kappa shape index (κ3) is 3.98. The first-order valence-corrected chi connectivity index (χ1v) is 7.67. The number of methoxy groups -OCH3 is 1. The average molecular weight is 307 g/mol. The summed E-state index contributed by atoms with van der Waals surface area (Å²) in [5, 5.41) is 0. The molecule has 104 valence electrons. The molecule has 0 fully saturated rings. The van der Waals surface area contributed by atoms with Gasteiger partial charge in [-0.1, -0.05) is 53.4 Å². The molecule has 1 aromatic carbocycles. The third-order valence-electron chi connectivity index (χ3n) is 2.52. The van der Waals surface area contributed by atoms with Gasteiger partial charge in [-0.25, -0.2) is 0 Å². The van der Waals surface area contributed by atoms with Crippen molar-refractivity contribution >= 4 is 45.9 Å². The van der Waals surface area contributed by atoms with Gasteiger partial charge in [0.2, 0.25) is 0 Å². The smallest absolute Gasteiger partial charge is 0.316 e. The van der Waals surface area contributed by atoms with Crippen molar-refractivity contribution in [2.45, 2.75) is 6.92 Å². The number of hydrogen-bond donors (Lipinski definition) is 0. The van der Waals surface area contributed by atoms with Crippen LogP contribution in [0.1, 0.15) is 11.1 Å². The van der Waals surface area contributed by atoms with E-state index in [1.54, 1.807) is 0 Å². The standard InChI is InChI=1S/C14H13NO3S2/c1-9-3-5-10(6-4-9)7-11-13(17)15-14(20-11)19-8-12(16)18-2/h3-7H,8H2,1-2H3. The fourth-order valence-electron chi connectivity index (χ4n) is 1.45. The molecular weight excluding hydrogens is 294 g/mol. The molecule has 4 nitrogen and oxygen atoms in total. The number of amides is 1. The summed E-state index contributed by atoms with van der Waals surface area (Å²) in [6, 6.07) is 7.89. The van der Waals surface area contributed by atoms with Crippen LogP contribution in [-0.4, -0.2) is 29.1 Å². The number of rotatable bonds is 3. The highest BCUT2D eigenvalue weighted by molar-refractivity contribution is 8.41. The van der Waals surface area contributed by atoms with Gasteiger partial charge in [0.05, 0.1) is 17.8 Å². The molecule has 0 aliphatic carbocycles. The lowest BCUT2D eigenvalue weighted by Gasteiger charge is -1.98. The van der Waals surface area contributed by atoms with E-state index < -0.39 is 0 Å². The molecule has 0 spiro atoms. The van der Waals surface area contributed by atoms with Crippen LogP contribution in [0.3, 0.4) is 0 Å². The molecule has 20 heavy (non-hydrogen) atoms. The Kier molecular flexibility index (Phi) is 5.03. The lowest BCUT2D eigenvalue weighted by Crippen LogP contribution is -2.04. The number of carbonyl (C=O) groups is 2. The largest absolute Gasteiger partial charge is 0.468 e. The average Bonchev–Trinajstić information content (AvgIpc) is 2.79. The molecule has 1 amide bonds. The van der Waals surface area contributed by atoms with Gasteiger partial charge in [-0.15, -0.1) is 0 Å². The normalized spacial score (nSPS) is 16.4. The first-order chi connectivity index (χ1) is 9.58. The molecule has 0 aromatic heterocycles.